The van der Waals surface area contributed by atoms with Crippen LogP contribution in [0.2, 0.25) is 0 Å². The highest BCUT2D eigenvalue weighted by Crippen LogP contribution is 2.26. The molecule has 0 bridgehead atoms. The van der Waals surface area contributed by atoms with Gasteiger partial charge in [-0.15, -0.1) is 0 Å². The molecule has 3 rings (SSSR count). The van der Waals surface area contributed by atoms with Crippen LogP contribution < -0.4 is 5.32 Å². The lowest BCUT2D eigenvalue weighted by Gasteiger charge is -2.09. The van der Waals surface area contributed by atoms with Gasteiger partial charge in [0.2, 0.25) is 0 Å². The lowest BCUT2D eigenvalue weighted by Crippen LogP contribution is -1.91. The standard InChI is InChI=1S/C18H17N.C2H7N/c1-12-9-16-14(3)11-17(15-7-5-4-6-8-15)19-18(16)10-13(12)2;1-3-2/h4-11H,1-3H3;3H,1-2H3. The molecule has 2 nitrogen and oxygen atoms in total. The minimum atomic E-state index is 1.05. The average molecular weight is 292 g/mol. The monoisotopic (exact) mass is 292 g/mol. The van der Waals surface area contributed by atoms with E-state index in [1.165, 1.54) is 27.6 Å². The molecule has 0 aliphatic carbocycles. The van der Waals surface area contributed by atoms with Crippen molar-refractivity contribution in [3.05, 3.63) is 65.2 Å². The number of aryl methyl sites for hydroxylation is 3. The summed E-state index contributed by atoms with van der Waals surface area (Å²) < 4.78 is 0. The van der Waals surface area contributed by atoms with Crippen molar-refractivity contribution in [3.63, 3.8) is 0 Å². The Morgan fingerprint density at radius 3 is 2.00 bits per heavy atom. The van der Waals surface area contributed by atoms with Crippen molar-refractivity contribution in [2.24, 2.45) is 0 Å². The number of rotatable bonds is 1. The lowest BCUT2D eigenvalue weighted by molar-refractivity contribution is 1.02. The zero-order valence-electron chi connectivity index (χ0n) is 14.1. The minimum Gasteiger partial charge on any atom is -0.323 e. The lowest BCUT2D eigenvalue weighted by atomic mass is 10.0. The molecule has 0 radical (unpaired) electrons. The van der Waals surface area contributed by atoms with Gasteiger partial charge in [-0.1, -0.05) is 30.3 Å². The summed E-state index contributed by atoms with van der Waals surface area (Å²) in [5.74, 6) is 0. The first-order valence-electron chi connectivity index (χ1n) is 7.59. The van der Waals surface area contributed by atoms with E-state index in [4.69, 9.17) is 4.98 Å². The Morgan fingerprint density at radius 1 is 0.773 bits per heavy atom. The van der Waals surface area contributed by atoms with E-state index in [1.54, 1.807) is 0 Å². The number of hydrogen-bond donors (Lipinski definition) is 1. The van der Waals surface area contributed by atoms with Crippen molar-refractivity contribution in [1.29, 1.82) is 0 Å². The maximum Gasteiger partial charge on any atom is 0.0715 e. The first kappa shape index (κ1) is 16.2. The summed E-state index contributed by atoms with van der Waals surface area (Å²) in [5.41, 5.74) is 7.21. The van der Waals surface area contributed by atoms with Gasteiger partial charge in [-0.2, -0.15) is 0 Å². The second-order valence-corrected chi connectivity index (χ2v) is 5.64. The molecule has 0 saturated carbocycles. The van der Waals surface area contributed by atoms with Crippen LogP contribution in [-0.4, -0.2) is 19.1 Å². The highest BCUT2D eigenvalue weighted by atomic mass is 14.7. The number of fused-ring (bicyclic) bond motifs is 1. The number of pyridine rings is 1. The van der Waals surface area contributed by atoms with E-state index >= 15 is 0 Å². The predicted octanol–water partition coefficient (Wildman–Crippen LogP) is 4.66. The Kier molecular flexibility index (Phi) is 5.29. The summed E-state index contributed by atoms with van der Waals surface area (Å²) in [7, 11) is 3.75. The van der Waals surface area contributed by atoms with Crippen molar-refractivity contribution >= 4 is 10.9 Å². The zero-order valence-corrected chi connectivity index (χ0v) is 14.1. The van der Waals surface area contributed by atoms with Crippen molar-refractivity contribution in [3.8, 4) is 11.3 Å². The largest absolute Gasteiger partial charge is 0.323 e. The first-order chi connectivity index (χ1) is 10.6. The van der Waals surface area contributed by atoms with Gasteiger partial charge in [0.15, 0.2) is 0 Å². The fourth-order valence-corrected chi connectivity index (χ4v) is 2.41. The number of benzene rings is 2. The third-order valence-electron chi connectivity index (χ3n) is 3.70. The molecule has 1 N–H and O–H groups in total. The molecule has 0 aliphatic rings. The fourth-order valence-electron chi connectivity index (χ4n) is 2.41. The van der Waals surface area contributed by atoms with Gasteiger partial charge in [0.05, 0.1) is 11.2 Å². The molecule has 3 aromatic rings. The van der Waals surface area contributed by atoms with Gasteiger partial charge < -0.3 is 5.32 Å². The van der Waals surface area contributed by atoms with Crippen molar-refractivity contribution in [2.75, 3.05) is 14.1 Å². The minimum absolute atomic E-state index is 1.05. The topological polar surface area (TPSA) is 24.9 Å². The molecule has 0 atom stereocenters. The van der Waals surface area contributed by atoms with Crippen LogP contribution in [0, 0.1) is 20.8 Å². The molecule has 0 unspecified atom stereocenters. The number of aromatic nitrogens is 1. The second-order valence-electron chi connectivity index (χ2n) is 5.64. The van der Waals surface area contributed by atoms with Gasteiger partial charge in [0, 0.05) is 10.9 Å². The van der Waals surface area contributed by atoms with Gasteiger partial charge in [0.1, 0.15) is 0 Å². The normalized spacial score (nSPS) is 10.2. The Hall–Kier alpha value is -2.19. The van der Waals surface area contributed by atoms with E-state index < -0.39 is 0 Å². The van der Waals surface area contributed by atoms with E-state index in [0.717, 1.165) is 11.2 Å². The molecule has 0 spiro atoms. The summed E-state index contributed by atoms with van der Waals surface area (Å²) >= 11 is 0. The van der Waals surface area contributed by atoms with Crippen LogP contribution in [0.4, 0.5) is 0 Å². The van der Waals surface area contributed by atoms with E-state index in [9.17, 15) is 0 Å². The Labute approximate surface area is 133 Å². The number of nitrogens with zero attached hydrogens (tertiary/aromatic N) is 1. The molecule has 1 aromatic heterocycles. The molecule has 0 amide bonds. The molecule has 2 aromatic carbocycles. The molecule has 114 valence electrons. The van der Waals surface area contributed by atoms with Gasteiger partial charge in [-0.25, -0.2) is 4.98 Å². The molecular weight excluding hydrogens is 268 g/mol. The van der Waals surface area contributed by atoms with Crippen LogP contribution in [-0.2, 0) is 0 Å². The number of nitrogens with one attached hydrogen (secondary N) is 1. The van der Waals surface area contributed by atoms with Crippen molar-refractivity contribution < 1.29 is 0 Å². The van der Waals surface area contributed by atoms with Crippen LogP contribution in [0.25, 0.3) is 22.2 Å². The zero-order chi connectivity index (χ0) is 16.1. The SMILES string of the molecule is CNC.Cc1cc2nc(-c3ccccc3)cc(C)c2cc1C. The highest BCUT2D eigenvalue weighted by Gasteiger charge is 2.06. The summed E-state index contributed by atoms with van der Waals surface area (Å²) in [6, 6.07) is 16.9. The molecule has 1 heterocycles. The van der Waals surface area contributed by atoms with E-state index in [0.29, 0.717) is 0 Å². The van der Waals surface area contributed by atoms with Gasteiger partial charge in [-0.3, -0.25) is 0 Å². The third kappa shape index (κ3) is 3.52. The first-order valence-corrected chi connectivity index (χ1v) is 7.59. The van der Waals surface area contributed by atoms with E-state index in [2.05, 4.69) is 68.6 Å². The van der Waals surface area contributed by atoms with Gasteiger partial charge >= 0.3 is 0 Å². The maximum absolute atomic E-state index is 4.81. The quantitative estimate of drug-likeness (QED) is 0.705. The van der Waals surface area contributed by atoms with Crippen LogP contribution >= 0.6 is 0 Å². The molecule has 0 aliphatic heterocycles. The van der Waals surface area contributed by atoms with Crippen LogP contribution in [0.1, 0.15) is 16.7 Å². The third-order valence-corrected chi connectivity index (χ3v) is 3.70. The van der Waals surface area contributed by atoms with E-state index in [1.807, 2.05) is 20.2 Å². The fraction of sp³-hybridized carbons (Fsp3) is 0.250. The Balaban J connectivity index is 0.000000545. The molecule has 0 saturated heterocycles. The Bertz CT molecular complexity index is 762. The smallest absolute Gasteiger partial charge is 0.0715 e. The average Bonchev–Trinajstić information content (AvgIpc) is 2.51. The highest BCUT2D eigenvalue weighted by molar-refractivity contribution is 5.86. The van der Waals surface area contributed by atoms with Crippen LogP contribution in [0.15, 0.2) is 48.5 Å². The van der Waals surface area contributed by atoms with E-state index in [-0.39, 0.29) is 0 Å². The maximum atomic E-state index is 4.81. The molecule has 2 heteroatoms. The van der Waals surface area contributed by atoms with Gasteiger partial charge in [0.25, 0.3) is 0 Å². The van der Waals surface area contributed by atoms with Gasteiger partial charge in [-0.05, 0) is 69.8 Å². The Morgan fingerprint density at radius 2 is 1.36 bits per heavy atom. The number of hydrogen-bond acceptors (Lipinski definition) is 2. The van der Waals surface area contributed by atoms with Crippen molar-refractivity contribution in [1.82, 2.24) is 10.3 Å². The van der Waals surface area contributed by atoms with Crippen molar-refractivity contribution in [2.45, 2.75) is 20.8 Å². The summed E-state index contributed by atoms with van der Waals surface area (Å²) in [6.45, 7) is 6.45. The predicted molar refractivity (Wildman–Crippen MR) is 96.4 cm³/mol. The molecule has 0 fully saturated rings. The summed E-state index contributed by atoms with van der Waals surface area (Å²) in [5, 5.41) is 4.00. The van der Waals surface area contributed by atoms with Crippen LogP contribution in [0.5, 0.6) is 0 Å². The molecular formula is C20H24N2. The second kappa shape index (κ2) is 7.19. The summed E-state index contributed by atoms with van der Waals surface area (Å²) in [4.78, 5) is 4.81. The molecule has 22 heavy (non-hydrogen) atoms. The van der Waals surface area contributed by atoms with Crippen LogP contribution in [0.3, 0.4) is 0 Å². The summed E-state index contributed by atoms with van der Waals surface area (Å²) in [6.07, 6.45) is 0.